The molecule has 0 bridgehead atoms. The molecule has 3 aromatic carbocycles. The van der Waals surface area contributed by atoms with Crippen molar-refractivity contribution < 1.29 is 9.59 Å². The van der Waals surface area contributed by atoms with Crippen LogP contribution in [0.4, 0.5) is 11.4 Å². The number of anilines is 2. The lowest BCUT2D eigenvalue weighted by Gasteiger charge is -2.18. The number of benzene rings is 3. The van der Waals surface area contributed by atoms with Gasteiger partial charge in [0.25, 0.3) is 11.8 Å². The predicted molar refractivity (Wildman–Crippen MR) is 131 cm³/mol. The van der Waals surface area contributed by atoms with E-state index in [4.69, 9.17) is 11.6 Å². The quantitative estimate of drug-likeness (QED) is 0.482. The molecule has 1 heterocycles. The Hall–Kier alpha value is -3.37. The molecule has 0 unspecified atom stereocenters. The van der Waals surface area contributed by atoms with Crippen molar-refractivity contribution in [1.29, 1.82) is 0 Å². The normalized spacial score (nSPS) is 13.9. The van der Waals surface area contributed by atoms with Crippen molar-refractivity contribution in [3.05, 3.63) is 98.7 Å². The molecule has 0 fully saturated rings. The first-order valence-electron chi connectivity index (χ1n) is 10.5. The molecule has 0 atom stereocenters. The Morgan fingerprint density at radius 3 is 2.12 bits per heavy atom. The second-order valence-corrected chi connectivity index (χ2v) is 8.81. The number of hydrogen-bond acceptors (Lipinski definition) is 3. The van der Waals surface area contributed by atoms with E-state index in [-0.39, 0.29) is 17.5 Å². The molecule has 0 saturated heterocycles. The largest absolute Gasteiger partial charge is 0.350 e. The smallest absolute Gasteiger partial charge is 0.282 e. The summed E-state index contributed by atoms with van der Waals surface area (Å²) in [5.41, 5.74) is 7.55. The van der Waals surface area contributed by atoms with Crippen LogP contribution in [0.5, 0.6) is 0 Å². The number of rotatable bonds is 4. The summed E-state index contributed by atoms with van der Waals surface area (Å²) in [6.45, 7) is 9.79. The van der Waals surface area contributed by atoms with Gasteiger partial charge < -0.3 is 5.32 Å². The topological polar surface area (TPSA) is 49.4 Å². The second kappa shape index (κ2) is 8.29. The Balaban J connectivity index is 1.90. The van der Waals surface area contributed by atoms with E-state index in [1.807, 2.05) is 77.1 Å². The number of imide groups is 1. The summed E-state index contributed by atoms with van der Waals surface area (Å²) < 4.78 is 0. The summed E-state index contributed by atoms with van der Waals surface area (Å²) in [5.74, 6) is -0.717. The molecule has 0 aromatic heterocycles. The molecule has 0 spiro atoms. The number of carbonyl (C=O) groups excluding carboxylic acids is 2. The highest BCUT2D eigenvalue weighted by atomic mass is 35.5. The molecule has 4 nitrogen and oxygen atoms in total. The zero-order valence-electron chi connectivity index (χ0n) is 18.8. The van der Waals surface area contributed by atoms with Gasteiger partial charge in [-0.2, -0.15) is 0 Å². The maximum atomic E-state index is 13.7. The lowest BCUT2D eigenvalue weighted by molar-refractivity contribution is -0.120. The summed E-state index contributed by atoms with van der Waals surface area (Å²) in [5, 5.41) is 3.78. The molecule has 0 saturated carbocycles. The molecule has 162 valence electrons. The van der Waals surface area contributed by atoms with Gasteiger partial charge in [-0.05, 0) is 86.2 Å². The molecule has 3 aromatic rings. The Kier molecular flexibility index (Phi) is 5.66. The van der Waals surface area contributed by atoms with Gasteiger partial charge in [0.1, 0.15) is 5.70 Å². The second-order valence-electron chi connectivity index (χ2n) is 8.37. The van der Waals surface area contributed by atoms with Crippen molar-refractivity contribution >= 4 is 40.4 Å². The van der Waals surface area contributed by atoms with Crippen molar-refractivity contribution in [3.63, 3.8) is 0 Å². The number of aryl methyl sites for hydroxylation is 5. The van der Waals surface area contributed by atoms with Crippen LogP contribution in [0.1, 0.15) is 33.4 Å². The summed E-state index contributed by atoms with van der Waals surface area (Å²) in [6.07, 6.45) is 0. The highest BCUT2D eigenvalue weighted by Gasteiger charge is 2.41. The van der Waals surface area contributed by atoms with Crippen LogP contribution in [-0.4, -0.2) is 11.8 Å². The summed E-state index contributed by atoms with van der Waals surface area (Å²) in [4.78, 5) is 28.7. The Bertz CT molecular complexity index is 1310. The lowest BCUT2D eigenvalue weighted by atomic mass is 9.99. The van der Waals surface area contributed by atoms with Gasteiger partial charge >= 0.3 is 0 Å². The third kappa shape index (κ3) is 3.82. The SMILES string of the molecule is Cc1ccc(C)c(N2C(=O)C(Nc3cc(Cl)ccc3C)=C(c3ccc(C)c(C)c3)C2=O)c1. The van der Waals surface area contributed by atoms with Crippen LogP contribution < -0.4 is 10.2 Å². The first kappa shape index (κ1) is 21.8. The van der Waals surface area contributed by atoms with E-state index in [1.165, 1.54) is 4.90 Å². The van der Waals surface area contributed by atoms with Crippen LogP contribution in [0.2, 0.25) is 5.02 Å². The molecular weight excluding hydrogens is 420 g/mol. The minimum absolute atomic E-state index is 0.254. The maximum Gasteiger partial charge on any atom is 0.282 e. The van der Waals surface area contributed by atoms with Gasteiger partial charge in [0.15, 0.2) is 0 Å². The highest BCUT2D eigenvalue weighted by Crippen LogP contribution is 2.36. The van der Waals surface area contributed by atoms with Crippen molar-refractivity contribution in [3.8, 4) is 0 Å². The third-order valence-electron chi connectivity index (χ3n) is 5.94. The molecule has 2 amide bonds. The van der Waals surface area contributed by atoms with E-state index >= 15 is 0 Å². The van der Waals surface area contributed by atoms with E-state index in [0.717, 1.165) is 27.8 Å². The van der Waals surface area contributed by atoms with Crippen molar-refractivity contribution in [2.24, 2.45) is 0 Å². The lowest BCUT2D eigenvalue weighted by Crippen LogP contribution is -2.33. The number of halogens is 1. The Morgan fingerprint density at radius 2 is 1.41 bits per heavy atom. The van der Waals surface area contributed by atoms with Gasteiger partial charge in [0, 0.05) is 10.7 Å². The minimum Gasteiger partial charge on any atom is -0.350 e. The molecule has 1 aliphatic heterocycles. The van der Waals surface area contributed by atoms with Crippen LogP contribution in [0.15, 0.2) is 60.3 Å². The predicted octanol–water partition coefficient (Wildman–Crippen LogP) is 6.28. The summed E-state index contributed by atoms with van der Waals surface area (Å²) in [6, 6.07) is 17.0. The van der Waals surface area contributed by atoms with Crippen LogP contribution in [0.3, 0.4) is 0 Å². The Morgan fingerprint density at radius 1 is 0.719 bits per heavy atom. The molecule has 32 heavy (non-hydrogen) atoms. The minimum atomic E-state index is -0.378. The number of hydrogen-bond donors (Lipinski definition) is 1. The first-order valence-corrected chi connectivity index (χ1v) is 10.9. The van der Waals surface area contributed by atoms with E-state index in [0.29, 0.717) is 27.5 Å². The highest BCUT2D eigenvalue weighted by molar-refractivity contribution is 6.46. The van der Waals surface area contributed by atoms with Gasteiger partial charge in [0.2, 0.25) is 0 Å². The number of carbonyl (C=O) groups is 2. The van der Waals surface area contributed by atoms with Crippen molar-refractivity contribution in [2.45, 2.75) is 34.6 Å². The fraction of sp³-hybridized carbons (Fsp3) is 0.185. The van der Waals surface area contributed by atoms with Crippen LogP contribution in [0, 0.1) is 34.6 Å². The van der Waals surface area contributed by atoms with Gasteiger partial charge in [-0.25, -0.2) is 4.90 Å². The van der Waals surface area contributed by atoms with Crippen molar-refractivity contribution in [2.75, 3.05) is 10.2 Å². The maximum absolute atomic E-state index is 13.7. The molecule has 4 rings (SSSR count). The molecule has 1 N–H and O–H groups in total. The van der Waals surface area contributed by atoms with E-state index < -0.39 is 0 Å². The molecule has 0 radical (unpaired) electrons. The number of nitrogens with zero attached hydrogens (tertiary/aromatic N) is 1. The number of amides is 2. The fourth-order valence-electron chi connectivity index (χ4n) is 3.85. The van der Waals surface area contributed by atoms with Crippen LogP contribution in [-0.2, 0) is 9.59 Å². The summed E-state index contributed by atoms with van der Waals surface area (Å²) >= 11 is 6.20. The average Bonchev–Trinajstić information content (AvgIpc) is 2.98. The molecule has 0 aliphatic carbocycles. The first-order chi connectivity index (χ1) is 15.2. The monoisotopic (exact) mass is 444 g/mol. The van der Waals surface area contributed by atoms with Crippen LogP contribution in [0.25, 0.3) is 5.57 Å². The van der Waals surface area contributed by atoms with E-state index in [1.54, 1.807) is 12.1 Å². The molecule has 1 aliphatic rings. The Labute approximate surface area is 193 Å². The van der Waals surface area contributed by atoms with E-state index in [9.17, 15) is 9.59 Å². The van der Waals surface area contributed by atoms with Crippen molar-refractivity contribution in [1.82, 2.24) is 0 Å². The fourth-order valence-corrected chi connectivity index (χ4v) is 4.03. The average molecular weight is 445 g/mol. The van der Waals surface area contributed by atoms with Gasteiger partial charge in [0.05, 0.1) is 11.3 Å². The summed E-state index contributed by atoms with van der Waals surface area (Å²) in [7, 11) is 0. The van der Waals surface area contributed by atoms with Gasteiger partial charge in [-0.1, -0.05) is 48.0 Å². The standard InChI is InChI=1S/C27H25ClN2O2/c1-15-6-7-18(4)23(12-15)30-26(31)24(20-10-8-16(2)19(5)13-20)25(27(30)32)29-22-14-21(28)11-9-17(22)3/h6-14,29H,1-5H3. The van der Waals surface area contributed by atoms with Gasteiger partial charge in [-0.3, -0.25) is 9.59 Å². The van der Waals surface area contributed by atoms with E-state index in [2.05, 4.69) is 5.32 Å². The van der Waals surface area contributed by atoms with Crippen LogP contribution >= 0.6 is 11.6 Å². The zero-order valence-corrected chi connectivity index (χ0v) is 19.6. The molecule has 5 heteroatoms. The third-order valence-corrected chi connectivity index (χ3v) is 6.18. The number of nitrogens with one attached hydrogen (secondary N) is 1. The zero-order chi connectivity index (χ0) is 23.2. The van der Waals surface area contributed by atoms with Gasteiger partial charge in [-0.15, -0.1) is 0 Å². The molecular formula is C27H25ClN2O2.